The highest BCUT2D eigenvalue weighted by Crippen LogP contribution is 2.39. The maximum atomic E-state index is 6.11. The lowest BCUT2D eigenvalue weighted by atomic mass is 10.2. The predicted molar refractivity (Wildman–Crippen MR) is 98.2 cm³/mol. The summed E-state index contributed by atoms with van der Waals surface area (Å²) >= 11 is 0. The Hall–Kier alpha value is -3.15. The highest BCUT2D eigenvalue weighted by molar-refractivity contribution is 5.82. The van der Waals surface area contributed by atoms with Crippen molar-refractivity contribution in [3.05, 3.63) is 48.7 Å². The summed E-state index contributed by atoms with van der Waals surface area (Å²) in [6.45, 7) is 2.09. The molecule has 1 aliphatic rings. The van der Waals surface area contributed by atoms with Gasteiger partial charge in [0.15, 0.2) is 0 Å². The molecule has 0 aliphatic carbocycles. The highest BCUT2D eigenvalue weighted by Gasteiger charge is 2.24. The third kappa shape index (κ3) is 2.46. The van der Waals surface area contributed by atoms with E-state index in [1.54, 1.807) is 0 Å². The third-order valence-electron chi connectivity index (χ3n) is 4.72. The van der Waals surface area contributed by atoms with Crippen LogP contribution in [0, 0.1) is 0 Å². The maximum Gasteiger partial charge on any atom is 0.251 e. The van der Waals surface area contributed by atoms with E-state index >= 15 is 0 Å². The number of aromatic amines is 3. The molecule has 1 fully saturated rings. The van der Waals surface area contributed by atoms with Crippen molar-refractivity contribution in [1.29, 1.82) is 0 Å². The van der Waals surface area contributed by atoms with Gasteiger partial charge >= 0.3 is 0 Å². The van der Waals surface area contributed by atoms with Gasteiger partial charge in [0.1, 0.15) is 11.4 Å². The zero-order valence-electron chi connectivity index (χ0n) is 13.7. The molecule has 5 rings (SSSR count). The topological polar surface area (TPSA) is 72.7 Å². The average molecular weight is 333 g/mol. The molecular weight excluding hydrogens is 314 g/mol. The van der Waals surface area contributed by atoms with Gasteiger partial charge in [-0.2, -0.15) is 0 Å². The number of ether oxygens (including phenoxy) is 1. The van der Waals surface area contributed by atoms with Crippen LogP contribution in [0.5, 0.6) is 11.8 Å². The fourth-order valence-corrected chi connectivity index (χ4v) is 3.49. The first kappa shape index (κ1) is 14.2. The van der Waals surface area contributed by atoms with E-state index in [1.807, 2.05) is 42.6 Å². The molecule has 0 radical (unpaired) electrons. The number of hydrogen-bond donors (Lipinski definition) is 3. The van der Waals surface area contributed by atoms with E-state index < -0.39 is 0 Å². The number of para-hydroxylation sites is 1. The molecule has 1 aliphatic heterocycles. The monoisotopic (exact) mass is 333 g/mol. The van der Waals surface area contributed by atoms with E-state index in [1.165, 1.54) is 12.8 Å². The second-order valence-corrected chi connectivity index (χ2v) is 6.35. The molecule has 3 aromatic heterocycles. The SMILES string of the molecule is c1c[nH]c(-c2c(Oc3cc4ccccc4[nH]3)n[nH]c2N2CCCC2)c1. The number of rotatable bonds is 4. The quantitative estimate of drug-likeness (QED) is 0.522. The van der Waals surface area contributed by atoms with Gasteiger partial charge in [-0.1, -0.05) is 18.2 Å². The van der Waals surface area contributed by atoms with Crippen LogP contribution < -0.4 is 9.64 Å². The molecule has 4 heterocycles. The molecule has 0 amide bonds. The first-order valence-corrected chi connectivity index (χ1v) is 8.61. The van der Waals surface area contributed by atoms with Gasteiger partial charge in [-0.3, -0.25) is 5.10 Å². The molecule has 25 heavy (non-hydrogen) atoms. The van der Waals surface area contributed by atoms with Gasteiger partial charge in [-0.05, 0) is 31.0 Å². The Labute approximate surface area is 144 Å². The van der Waals surface area contributed by atoms with E-state index in [-0.39, 0.29) is 0 Å². The zero-order valence-corrected chi connectivity index (χ0v) is 13.7. The van der Waals surface area contributed by atoms with Crippen LogP contribution in [0.1, 0.15) is 12.8 Å². The highest BCUT2D eigenvalue weighted by atomic mass is 16.5. The summed E-state index contributed by atoms with van der Waals surface area (Å²) in [5, 5.41) is 8.75. The molecule has 6 nitrogen and oxygen atoms in total. The lowest BCUT2D eigenvalue weighted by Crippen LogP contribution is -2.18. The Balaban J connectivity index is 1.56. The van der Waals surface area contributed by atoms with Crippen molar-refractivity contribution in [3.8, 4) is 23.0 Å². The van der Waals surface area contributed by atoms with Gasteiger partial charge in [0.2, 0.25) is 5.88 Å². The Kier molecular flexibility index (Phi) is 3.26. The molecular formula is C19H19N5O. The Bertz CT molecular complexity index is 959. The second kappa shape index (κ2) is 5.73. The second-order valence-electron chi connectivity index (χ2n) is 6.35. The van der Waals surface area contributed by atoms with Gasteiger partial charge in [-0.15, -0.1) is 5.10 Å². The van der Waals surface area contributed by atoms with Crippen LogP contribution >= 0.6 is 0 Å². The fourth-order valence-electron chi connectivity index (χ4n) is 3.49. The van der Waals surface area contributed by atoms with Gasteiger partial charge in [0.05, 0.1) is 5.69 Å². The van der Waals surface area contributed by atoms with Crippen molar-refractivity contribution >= 4 is 16.7 Å². The Morgan fingerprint density at radius 1 is 1.04 bits per heavy atom. The third-order valence-corrected chi connectivity index (χ3v) is 4.72. The van der Waals surface area contributed by atoms with Gasteiger partial charge in [-0.25, -0.2) is 0 Å². The number of H-pyrrole nitrogens is 3. The Morgan fingerprint density at radius 3 is 2.72 bits per heavy atom. The molecule has 126 valence electrons. The van der Waals surface area contributed by atoms with Crippen LogP contribution in [0.3, 0.4) is 0 Å². The fraction of sp³-hybridized carbons (Fsp3) is 0.211. The summed E-state index contributed by atoms with van der Waals surface area (Å²) in [5.41, 5.74) is 3.03. The smallest absolute Gasteiger partial charge is 0.251 e. The summed E-state index contributed by atoms with van der Waals surface area (Å²) in [7, 11) is 0. The van der Waals surface area contributed by atoms with Gasteiger partial charge in [0, 0.05) is 36.3 Å². The summed E-state index contributed by atoms with van der Waals surface area (Å²) in [4.78, 5) is 8.91. The number of aromatic nitrogens is 4. The van der Waals surface area contributed by atoms with E-state index in [4.69, 9.17) is 4.74 Å². The molecule has 0 saturated carbocycles. The van der Waals surface area contributed by atoms with Crippen molar-refractivity contribution in [1.82, 2.24) is 20.2 Å². The number of hydrogen-bond acceptors (Lipinski definition) is 3. The van der Waals surface area contributed by atoms with Crippen LogP contribution in [0.4, 0.5) is 5.82 Å². The molecule has 4 aromatic rings. The van der Waals surface area contributed by atoms with E-state index in [0.29, 0.717) is 11.8 Å². The summed E-state index contributed by atoms with van der Waals surface area (Å²) in [5.74, 6) is 2.29. The molecule has 0 atom stereocenters. The van der Waals surface area contributed by atoms with Crippen LogP contribution in [-0.4, -0.2) is 33.3 Å². The Morgan fingerprint density at radius 2 is 1.92 bits per heavy atom. The molecule has 0 unspecified atom stereocenters. The van der Waals surface area contributed by atoms with Gasteiger partial charge in [0.25, 0.3) is 5.88 Å². The molecule has 0 bridgehead atoms. The largest absolute Gasteiger partial charge is 0.420 e. The van der Waals surface area contributed by atoms with E-state index in [2.05, 4.69) is 31.1 Å². The summed E-state index contributed by atoms with van der Waals surface area (Å²) < 4.78 is 6.11. The van der Waals surface area contributed by atoms with Crippen molar-refractivity contribution in [2.24, 2.45) is 0 Å². The van der Waals surface area contributed by atoms with Crippen molar-refractivity contribution < 1.29 is 4.74 Å². The number of nitrogens with zero attached hydrogens (tertiary/aromatic N) is 2. The maximum absolute atomic E-state index is 6.11. The number of benzene rings is 1. The standard InChI is InChI=1S/C19H19N5O/c1-2-7-14-13(6-1)12-16(21-14)25-19-17(15-8-5-9-20-15)18(22-23-19)24-10-3-4-11-24/h1-2,5-9,12,20-21H,3-4,10-11H2,(H,22,23). The van der Waals surface area contributed by atoms with Crippen molar-refractivity contribution in [2.75, 3.05) is 18.0 Å². The van der Waals surface area contributed by atoms with Gasteiger partial charge < -0.3 is 19.6 Å². The van der Waals surface area contributed by atoms with Crippen molar-refractivity contribution in [2.45, 2.75) is 12.8 Å². The first-order valence-electron chi connectivity index (χ1n) is 8.61. The van der Waals surface area contributed by atoms with Crippen molar-refractivity contribution in [3.63, 3.8) is 0 Å². The molecule has 1 saturated heterocycles. The van der Waals surface area contributed by atoms with Crippen LogP contribution in [0.15, 0.2) is 48.7 Å². The average Bonchev–Trinajstić information content (AvgIpc) is 3.40. The predicted octanol–water partition coefficient (Wildman–Crippen LogP) is 4.28. The lowest BCUT2D eigenvalue weighted by molar-refractivity contribution is 0.449. The summed E-state index contributed by atoms with van der Waals surface area (Å²) in [6.07, 6.45) is 4.34. The summed E-state index contributed by atoms with van der Waals surface area (Å²) in [6, 6.07) is 14.2. The molecule has 0 spiro atoms. The number of fused-ring (bicyclic) bond motifs is 1. The van der Waals surface area contributed by atoms with E-state index in [0.717, 1.165) is 41.1 Å². The minimum Gasteiger partial charge on any atom is -0.420 e. The molecule has 3 N–H and O–H groups in total. The van der Waals surface area contributed by atoms with E-state index in [9.17, 15) is 0 Å². The number of nitrogens with one attached hydrogen (secondary N) is 3. The minimum atomic E-state index is 0.580. The lowest BCUT2D eigenvalue weighted by Gasteiger charge is -2.16. The van der Waals surface area contributed by atoms with Crippen LogP contribution in [0.25, 0.3) is 22.2 Å². The first-order chi connectivity index (χ1) is 12.4. The number of anilines is 1. The van der Waals surface area contributed by atoms with Crippen LogP contribution in [0.2, 0.25) is 0 Å². The minimum absolute atomic E-state index is 0.580. The molecule has 6 heteroatoms. The molecule has 1 aromatic carbocycles. The zero-order chi connectivity index (χ0) is 16.6. The van der Waals surface area contributed by atoms with Crippen LogP contribution in [-0.2, 0) is 0 Å². The normalized spacial score (nSPS) is 14.5.